The number of rotatable bonds is 4. The van der Waals surface area contributed by atoms with Gasteiger partial charge in [0, 0.05) is 30.8 Å². The molecule has 0 bridgehead atoms. The molecule has 0 saturated carbocycles. The van der Waals surface area contributed by atoms with E-state index in [0.717, 1.165) is 47.0 Å². The number of hydrogen-bond donors (Lipinski definition) is 1. The normalized spacial score (nSPS) is 14.3. The fourth-order valence-corrected chi connectivity index (χ4v) is 3.90. The number of nitrogens with one attached hydrogen (secondary N) is 1. The summed E-state index contributed by atoms with van der Waals surface area (Å²) in [7, 11) is 1.69. The third kappa shape index (κ3) is 3.23. The summed E-state index contributed by atoms with van der Waals surface area (Å²) in [6.07, 6.45) is 0.720. The van der Waals surface area contributed by atoms with E-state index >= 15 is 0 Å². The van der Waals surface area contributed by atoms with Gasteiger partial charge in [0.05, 0.1) is 17.7 Å². The van der Waals surface area contributed by atoms with Crippen LogP contribution in [0.3, 0.4) is 0 Å². The second-order valence-corrected chi connectivity index (χ2v) is 7.04. The van der Waals surface area contributed by atoms with Gasteiger partial charge in [0.25, 0.3) is 5.56 Å². The van der Waals surface area contributed by atoms with Gasteiger partial charge in [-0.1, -0.05) is 24.3 Å². The predicted molar refractivity (Wildman–Crippen MR) is 99.0 cm³/mol. The molecule has 0 saturated heterocycles. The van der Waals surface area contributed by atoms with Crippen molar-refractivity contribution in [1.82, 2.24) is 14.9 Å². The summed E-state index contributed by atoms with van der Waals surface area (Å²) >= 11 is 1.58. The summed E-state index contributed by atoms with van der Waals surface area (Å²) in [5.41, 5.74) is 2.84. The molecule has 3 heterocycles. The molecule has 3 aromatic rings. The number of H-pyrrole nitrogens is 1. The molecule has 128 valence electrons. The first-order valence-corrected chi connectivity index (χ1v) is 9.13. The average molecular weight is 353 g/mol. The highest BCUT2D eigenvalue weighted by Gasteiger charge is 2.22. The number of ether oxygens (including phenoxy) is 1. The number of aromatic amines is 1. The molecule has 4 rings (SSSR count). The lowest BCUT2D eigenvalue weighted by Crippen LogP contribution is -2.35. The van der Waals surface area contributed by atoms with Gasteiger partial charge >= 0.3 is 0 Å². The quantitative estimate of drug-likeness (QED) is 0.783. The standard InChI is InChI=1S/C19H19N3O2S/c1-24-16-6-3-2-5-13(16)11-22-9-8-14-15(12-22)20-18(21-19(14)23)17-7-4-10-25-17/h2-7,10H,8-9,11-12H2,1H3,(H,20,21,23). The number of methoxy groups -OCH3 is 1. The first kappa shape index (κ1) is 16.1. The number of benzene rings is 1. The lowest BCUT2D eigenvalue weighted by atomic mass is 10.1. The fourth-order valence-electron chi connectivity index (χ4n) is 3.23. The van der Waals surface area contributed by atoms with Crippen molar-refractivity contribution >= 4 is 11.3 Å². The molecule has 25 heavy (non-hydrogen) atoms. The van der Waals surface area contributed by atoms with Gasteiger partial charge in [-0.2, -0.15) is 0 Å². The summed E-state index contributed by atoms with van der Waals surface area (Å²) in [6.45, 7) is 2.30. The van der Waals surface area contributed by atoms with Crippen LogP contribution in [0.15, 0.2) is 46.6 Å². The Kier molecular flexibility index (Phi) is 4.38. The zero-order valence-corrected chi connectivity index (χ0v) is 14.8. The summed E-state index contributed by atoms with van der Waals surface area (Å²) in [5, 5.41) is 1.99. The van der Waals surface area contributed by atoms with Gasteiger partial charge in [-0.15, -0.1) is 11.3 Å². The Hall–Kier alpha value is -2.44. The Morgan fingerprint density at radius 2 is 2.16 bits per heavy atom. The van der Waals surface area contributed by atoms with Crippen LogP contribution in [-0.4, -0.2) is 28.5 Å². The summed E-state index contributed by atoms with van der Waals surface area (Å²) < 4.78 is 5.45. The molecular weight excluding hydrogens is 334 g/mol. The Bertz CT molecular complexity index is 934. The van der Waals surface area contributed by atoms with Crippen LogP contribution < -0.4 is 10.3 Å². The minimum Gasteiger partial charge on any atom is -0.496 e. The van der Waals surface area contributed by atoms with Gasteiger partial charge in [0.1, 0.15) is 5.75 Å². The first-order valence-electron chi connectivity index (χ1n) is 8.25. The highest BCUT2D eigenvalue weighted by Crippen LogP contribution is 2.25. The Morgan fingerprint density at radius 3 is 2.96 bits per heavy atom. The van der Waals surface area contributed by atoms with Crippen molar-refractivity contribution in [2.24, 2.45) is 0 Å². The second kappa shape index (κ2) is 6.82. The van der Waals surface area contributed by atoms with Crippen LogP contribution in [0.4, 0.5) is 0 Å². The molecule has 5 nitrogen and oxygen atoms in total. The largest absolute Gasteiger partial charge is 0.496 e. The molecule has 0 radical (unpaired) electrons. The average Bonchev–Trinajstić information content (AvgIpc) is 3.16. The number of thiophene rings is 1. The van der Waals surface area contributed by atoms with E-state index in [4.69, 9.17) is 9.72 Å². The van der Waals surface area contributed by atoms with Crippen LogP contribution in [0, 0.1) is 0 Å². The molecular formula is C19H19N3O2S. The minimum absolute atomic E-state index is 0.00894. The van der Waals surface area contributed by atoms with Crippen LogP contribution >= 0.6 is 11.3 Å². The van der Waals surface area contributed by atoms with E-state index < -0.39 is 0 Å². The van der Waals surface area contributed by atoms with E-state index in [9.17, 15) is 4.79 Å². The molecule has 0 amide bonds. The van der Waals surface area contributed by atoms with Crippen LogP contribution in [0.2, 0.25) is 0 Å². The molecule has 0 unspecified atom stereocenters. The van der Waals surface area contributed by atoms with Gasteiger partial charge in [-0.3, -0.25) is 9.69 Å². The first-order chi connectivity index (χ1) is 12.2. The Labute approximate surface area is 149 Å². The minimum atomic E-state index is -0.00894. The second-order valence-electron chi connectivity index (χ2n) is 6.09. The van der Waals surface area contributed by atoms with Crippen LogP contribution in [0.5, 0.6) is 5.75 Å². The van der Waals surface area contributed by atoms with Crippen molar-refractivity contribution < 1.29 is 4.74 Å². The van der Waals surface area contributed by atoms with Crippen molar-refractivity contribution in [2.45, 2.75) is 19.5 Å². The van der Waals surface area contributed by atoms with E-state index in [-0.39, 0.29) is 5.56 Å². The summed E-state index contributed by atoms with van der Waals surface area (Å²) in [4.78, 5) is 23.4. The van der Waals surface area contributed by atoms with Crippen LogP contribution in [0.25, 0.3) is 10.7 Å². The van der Waals surface area contributed by atoms with Crippen LogP contribution in [0.1, 0.15) is 16.8 Å². The highest BCUT2D eigenvalue weighted by molar-refractivity contribution is 7.13. The molecule has 0 fully saturated rings. The van der Waals surface area contributed by atoms with Gasteiger partial charge in [0.15, 0.2) is 5.82 Å². The zero-order chi connectivity index (χ0) is 17.2. The van der Waals surface area contributed by atoms with Gasteiger partial charge < -0.3 is 9.72 Å². The lowest BCUT2D eigenvalue weighted by Gasteiger charge is -2.28. The molecule has 1 aromatic carbocycles. The van der Waals surface area contributed by atoms with Crippen LogP contribution in [-0.2, 0) is 19.5 Å². The Morgan fingerprint density at radius 1 is 1.28 bits per heavy atom. The predicted octanol–water partition coefficient (Wildman–Crippen LogP) is 3.07. The number of fused-ring (bicyclic) bond motifs is 1. The smallest absolute Gasteiger partial charge is 0.254 e. The summed E-state index contributed by atoms with van der Waals surface area (Å²) in [6, 6.07) is 12.0. The van der Waals surface area contributed by atoms with Gasteiger partial charge in [0.2, 0.25) is 0 Å². The maximum Gasteiger partial charge on any atom is 0.254 e. The third-order valence-corrected chi connectivity index (χ3v) is 5.37. The SMILES string of the molecule is COc1ccccc1CN1CCc2c(nc(-c3cccs3)[nH]c2=O)C1. The van der Waals surface area contributed by atoms with E-state index in [1.165, 1.54) is 0 Å². The molecule has 6 heteroatoms. The molecule has 0 aliphatic carbocycles. The molecule has 0 spiro atoms. The topological polar surface area (TPSA) is 58.2 Å². The monoisotopic (exact) mass is 353 g/mol. The molecule has 2 aromatic heterocycles. The number of hydrogen-bond acceptors (Lipinski definition) is 5. The Balaban J connectivity index is 1.61. The molecule has 1 aliphatic heterocycles. The van der Waals surface area contributed by atoms with E-state index in [1.54, 1.807) is 18.4 Å². The maximum absolute atomic E-state index is 12.4. The number of nitrogens with zero attached hydrogens (tertiary/aromatic N) is 2. The zero-order valence-electron chi connectivity index (χ0n) is 14.0. The van der Waals surface area contributed by atoms with Crippen molar-refractivity contribution in [3.63, 3.8) is 0 Å². The van der Waals surface area contributed by atoms with Crippen molar-refractivity contribution in [1.29, 1.82) is 0 Å². The molecule has 0 atom stereocenters. The molecule has 1 aliphatic rings. The van der Waals surface area contributed by atoms with E-state index in [1.807, 2.05) is 35.7 Å². The fraction of sp³-hybridized carbons (Fsp3) is 0.263. The van der Waals surface area contributed by atoms with Crippen molar-refractivity contribution in [3.8, 4) is 16.5 Å². The maximum atomic E-state index is 12.4. The lowest BCUT2D eigenvalue weighted by molar-refractivity contribution is 0.237. The number of aromatic nitrogens is 2. The summed E-state index contributed by atoms with van der Waals surface area (Å²) in [5.74, 6) is 1.56. The third-order valence-electron chi connectivity index (χ3n) is 4.49. The highest BCUT2D eigenvalue weighted by atomic mass is 32.1. The van der Waals surface area contributed by atoms with Gasteiger partial charge in [-0.25, -0.2) is 4.98 Å². The van der Waals surface area contributed by atoms with E-state index in [0.29, 0.717) is 12.4 Å². The van der Waals surface area contributed by atoms with E-state index in [2.05, 4.69) is 16.0 Å². The van der Waals surface area contributed by atoms with Crippen molar-refractivity contribution in [3.05, 3.63) is 69.0 Å². The molecule has 1 N–H and O–H groups in total. The van der Waals surface area contributed by atoms with Crippen molar-refractivity contribution in [2.75, 3.05) is 13.7 Å². The van der Waals surface area contributed by atoms with Gasteiger partial charge in [-0.05, 0) is 23.9 Å². The number of para-hydroxylation sites is 1.